The topological polar surface area (TPSA) is 43.4 Å². The van der Waals surface area contributed by atoms with E-state index in [4.69, 9.17) is 16.3 Å². The van der Waals surface area contributed by atoms with E-state index in [2.05, 4.69) is 13.8 Å². The summed E-state index contributed by atoms with van der Waals surface area (Å²) in [7, 11) is 1.30. The van der Waals surface area contributed by atoms with Crippen molar-refractivity contribution in [1.29, 1.82) is 0 Å². The molecule has 0 aliphatic rings. The molecule has 0 unspecified atom stereocenters. The Morgan fingerprint density at radius 2 is 1.75 bits per heavy atom. The number of methoxy groups -OCH3 is 1. The van der Waals surface area contributed by atoms with E-state index in [0.29, 0.717) is 10.6 Å². The molecular formula is C16H21ClO3. The number of Topliss-reactive ketones (excluding diaryl/α,β-unsaturated/α-hetero) is 1. The van der Waals surface area contributed by atoms with Crippen LogP contribution >= 0.6 is 11.6 Å². The van der Waals surface area contributed by atoms with E-state index < -0.39 is 5.97 Å². The third-order valence-electron chi connectivity index (χ3n) is 3.30. The van der Waals surface area contributed by atoms with Gasteiger partial charge in [-0.3, -0.25) is 4.79 Å². The minimum atomic E-state index is -0.525. The van der Waals surface area contributed by atoms with Crippen LogP contribution in [0.2, 0.25) is 5.02 Å². The van der Waals surface area contributed by atoms with Gasteiger partial charge in [0.1, 0.15) is 0 Å². The lowest BCUT2D eigenvalue weighted by atomic mass is 9.88. The van der Waals surface area contributed by atoms with Crippen LogP contribution < -0.4 is 0 Å². The van der Waals surface area contributed by atoms with Crippen molar-refractivity contribution in [1.82, 2.24) is 0 Å². The second kappa shape index (κ2) is 8.05. The normalized spacial score (nSPS) is 10.7. The first kappa shape index (κ1) is 16.7. The highest BCUT2D eigenvalue weighted by Gasteiger charge is 2.24. The smallest absolute Gasteiger partial charge is 0.338 e. The van der Waals surface area contributed by atoms with Crippen LogP contribution in [-0.4, -0.2) is 18.9 Å². The van der Waals surface area contributed by atoms with Gasteiger partial charge in [0, 0.05) is 16.5 Å². The molecule has 0 radical (unpaired) electrons. The van der Waals surface area contributed by atoms with Crippen LogP contribution in [0.3, 0.4) is 0 Å². The highest BCUT2D eigenvalue weighted by atomic mass is 35.5. The number of benzene rings is 1. The van der Waals surface area contributed by atoms with Gasteiger partial charge in [0.15, 0.2) is 5.78 Å². The molecule has 0 saturated carbocycles. The molecule has 0 amide bonds. The van der Waals surface area contributed by atoms with Crippen LogP contribution in [0.25, 0.3) is 0 Å². The monoisotopic (exact) mass is 296 g/mol. The van der Waals surface area contributed by atoms with Crippen molar-refractivity contribution in [3.05, 3.63) is 34.3 Å². The molecule has 0 aliphatic carbocycles. The van der Waals surface area contributed by atoms with Gasteiger partial charge >= 0.3 is 5.97 Å². The maximum Gasteiger partial charge on any atom is 0.338 e. The number of halogens is 1. The quantitative estimate of drug-likeness (QED) is 0.548. The van der Waals surface area contributed by atoms with Crippen molar-refractivity contribution in [2.24, 2.45) is 5.92 Å². The molecule has 1 aromatic rings. The predicted octanol–water partition coefficient (Wildman–Crippen LogP) is 4.53. The summed E-state index contributed by atoms with van der Waals surface area (Å²) in [6.07, 6.45) is 3.54. The van der Waals surface area contributed by atoms with E-state index in [1.165, 1.54) is 13.2 Å². The Balaban J connectivity index is 3.16. The molecule has 0 N–H and O–H groups in total. The average molecular weight is 297 g/mol. The molecule has 1 aromatic carbocycles. The first-order chi connectivity index (χ1) is 9.54. The number of carbonyl (C=O) groups is 2. The zero-order chi connectivity index (χ0) is 15.1. The molecule has 1 rings (SSSR count). The van der Waals surface area contributed by atoms with Crippen molar-refractivity contribution in [3.63, 3.8) is 0 Å². The van der Waals surface area contributed by atoms with Crippen molar-refractivity contribution >= 4 is 23.4 Å². The molecule has 0 aliphatic heterocycles. The fraction of sp³-hybridized carbons (Fsp3) is 0.500. The maximum absolute atomic E-state index is 12.6. The van der Waals surface area contributed by atoms with E-state index in [9.17, 15) is 9.59 Å². The van der Waals surface area contributed by atoms with E-state index in [1.807, 2.05) is 0 Å². The number of ether oxygens (including phenoxy) is 1. The Labute approximate surface area is 125 Å². The van der Waals surface area contributed by atoms with Gasteiger partial charge in [0.05, 0.1) is 12.7 Å². The summed E-state index contributed by atoms with van der Waals surface area (Å²) in [5.41, 5.74) is 0.662. The van der Waals surface area contributed by atoms with E-state index in [1.54, 1.807) is 12.1 Å². The SMILES string of the molecule is CCCC(CCC)C(=O)c1ccc(Cl)cc1C(=O)OC. The van der Waals surface area contributed by atoms with Crippen LogP contribution in [0.15, 0.2) is 18.2 Å². The number of hydrogen-bond acceptors (Lipinski definition) is 3. The Morgan fingerprint density at radius 1 is 1.15 bits per heavy atom. The minimum absolute atomic E-state index is 0.00534. The fourth-order valence-electron chi connectivity index (χ4n) is 2.33. The lowest BCUT2D eigenvalue weighted by Gasteiger charge is -2.16. The molecule has 0 bridgehead atoms. The highest BCUT2D eigenvalue weighted by molar-refractivity contribution is 6.31. The van der Waals surface area contributed by atoms with Gasteiger partial charge in [-0.2, -0.15) is 0 Å². The predicted molar refractivity (Wildman–Crippen MR) is 80.4 cm³/mol. The largest absolute Gasteiger partial charge is 0.465 e. The van der Waals surface area contributed by atoms with Crippen LogP contribution in [0.4, 0.5) is 0 Å². The summed E-state index contributed by atoms with van der Waals surface area (Å²) in [6, 6.07) is 4.75. The maximum atomic E-state index is 12.6. The van der Waals surface area contributed by atoms with Crippen molar-refractivity contribution in [2.45, 2.75) is 39.5 Å². The Kier molecular flexibility index (Phi) is 6.73. The molecule has 0 spiro atoms. The van der Waals surface area contributed by atoms with Gasteiger partial charge in [-0.15, -0.1) is 0 Å². The van der Waals surface area contributed by atoms with Crippen molar-refractivity contribution in [3.8, 4) is 0 Å². The summed E-state index contributed by atoms with van der Waals surface area (Å²) in [4.78, 5) is 24.4. The Morgan fingerprint density at radius 3 is 2.25 bits per heavy atom. The molecule has 0 aromatic heterocycles. The number of esters is 1. The van der Waals surface area contributed by atoms with Gasteiger partial charge < -0.3 is 4.74 Å². The molecule has 4 heteroatoms. The van der Waals surface area contributed by atoms with E-state index in [0.717, 1.165) is 25.7 Å². The van der Waals surface area contributed by atoms with Gasteiger partial charge in [-0.05, 0) is 31.0 Å². The molecule has 3 nitrogen and oxygen atoms in total. The van der Waals surface area contributed by atoms with Gasteiger partial charge in [0.25, 0.3) is 0 Å². The Hall–Kier alpha value is -1.35. The van der Waals surface area contributed by atoms with Crippen LogP contribution in [-0.2, 0) is 4.74 Å². The Bertz CT molecular complexity index is 477. The molecule has 0 saturated heterocycles. The molecule has 110 valence electrons. The molecule has 20 heavy (non-hydrogen) atoms. The number of hydrogen-bond donors (Lipinski definition) is 0. The lowest BCUT2D eigenvalue weighted by molar-refractivity contribution is 0.0595. The third kappa shape index (κ3) is 4.07. The van der Waals surface area contributed by atoms with Crippen LogP contribution in [0.1, 0.15) is 60.2 Å². The number of carbonyl (C=O) groups excluding carboxylic acids is 2. The van der Waals surface area contributed by atoms with Crippen molar-refractivity contribution < 1.29 is 14.3 Å². The second-order valence-corrected chi connectivity index (χ2v) is 5.26. The molecular weight excluding hydrogens is 276 g/mol. The summed E-state index contributed by atoms with van der Waals surface area (Å²) in [5.74, 6) is -0.567. The number of ketones is 1. The summed E-state index contributed by atoms with van der Waals surface area (Å²) >= 11 is 5.91. The minimum Gasteiger partial charge on any atom is -0.465 e. The van der Waals surface area contributed by atoms with Gasteiger partial charge in [-0.1, -0.05) is 38.3 Å². The van der Waals surface area contributed by atoms with Crippen LogP contribution in [0.5, 0.6) is 0 Å². The van der Waals surface area contributed by atoms with Gasteiger partial charge in [0.2, 0.25) is 0 Å². The molecule has 0 atom stereocenters. The zero-order valence-corrected chi connectivity index (χ0v) is 13.0. The fourth-order valence-corrected chi connectivity index (χ4v) is 2.51. The van der Waals surface area contributed by atoms with E-state index in [-0.39, 0.29) is 17.3 Å². The third-order valence-corrected chi connectivity index (χ3v) is 3.53. The molecule has 0 heterocycles. The first-order valence-corrected chi connectivity index (χ1v) is 7.34. The average Bonchev–Trinajstić information content (AvgIpc) is 2.45. The zero-order valence-electron chi connectivity index (χ0n) is 12.2. The summed E-state index contributed by atoms with van der Waals surface area (Å²) < 4.78 is 4.73. The second-order valence-electron chi connectivity index (χ2n) is 4.82. The van der Waals surface area contributed by atoms with Crippen LogP contribution in [0, 0.1) is 5.92 Å². The summed E-state index contributed by atoms with van der Waals surface area (Å²) in [5, 5.41) is 0.421. The number of rotatable bonds is 7. The lowest BCUT2D eigenvalue weighted by Crippen LogP contribution is -2.18. The molecule has 0 fully saturated rings. The van der Waals surface area contributed by atoms with E-state index >= 15 is 0 Å². The van der Waals surface area contributed by atoms with Gasteiger partial charge in [-0.25, -0.2) is 4.79 Å². The van der Waals surface area contributed by atoms with Crippen molar-refractivity contribution in [2.75, 3.05) is 7.11 Å². The standard InChI is InChI=1S/C16H21ClO3/c1-4-6-11(7-5-2)15(18)13-9-8-12(17)10-14(13)16(19)20-3/h8-11H,4-7H2,1-3H3. The summed E-state index contributed by atoms with van der Waals surface area (Å²) in [6.45, 7) is 4.11. The highest BCUT2D eigenvalue weighted by Crippen LogP contribution is 2.24. The first-order valence-electron chi connectivity index (χ1n) is 6.97.